The monoisotopic (exact) mass is 409 g/mol. The van der Waals surface area contributed by atoms with E-state index in [1.54, 1.807) is 6.20 Å². The molecule has 0 aromatic carbocycles. The Bertz CT molecular complexity index is 797. The number of H-pyrrole nitrogens is 1. The summed E-state index contributed by atoms with van der Waals surface area (Å²) in [6, 6.07) is 0. The lowest BCUT2D eigenvalue weighted by Gasteiger charge is -2.18. The fourth-order valence-corrected chi connectivity index (χ4v) is 4.67. The largest absolute Gasteiger partial charge is 0.318 e. The van der Waals surface area contributed by atoms with Gasteiger partial charge in [0.05, 0.1) is 23.8 Å². The molecule has 0 fully saturated rings. The zero-order valence-electron chi connectivity index (χ0n) is 17.7. The molecule has 8 heteroatoms. The molecule has 2 aromatic rings. The first-order valence-electron chi connectivity index (χ1n) is 10.3. The van der Waals surface area contributed by atoms with Crippen LogP contribution in [-0.2, 0) is 29.3 Å². The lowest BCUT2D eigenvalue weighted by molar-refractivity contribution is 0.318. The molecular weight excluding hydrogens is 374 g/mol. The third-order valence-electron chi connectivity index (χ3n) is 4.88. The van der Waals surface area contributed by atoms with Crippen LogP contribution in [0.4, 0.5) is 0 Å². The number of nitrogens with one attached hydrogen (secondary N) is 1. The molecule has 28 heavy (non-hydrogen) atoms. The Balaban J connectivity index is 2.09. The highest BCUT2D eigenvalue weighted by Crippen LogP contribution is 2.18. The van der Waals surface area contributed by atoms with Crippen LogP contribution in [0, 0.1) is 5.92 Å². The molecule has 2 rings (SSSR count). The van der Waals surface area contributed by atoms with Crippen LogP contribution in [0.25, 0.3) is 0 Å². The molecule has 0 unspecified atom stereocenters. The molecule has 0 aliphatic carbocycles. The van der Waals surface area contributed by atoms with Crippen LogP contribution in [-0.4, -0.2) is 52.4 Å². The topological polar surface area (TPSA) is 83.9 Å². The van der Waals surface area contributed by atoms with Crippen molar-refractivity contribution >= 4 is 9.84 Å². The van der Waals surface area contributed by atoms with Gasteiger partial charge in [0.15, 0.2) is 0 Å². The summed E-state index contributed by atoms with van der Waals surface area (Å²) >= 11 is 0. The fourth-order valence-electron chi connectivity index (χ4n) is 3.18. The van der Waals surface area contributed by atoms with Gasteiger partial charge in [-0.25, -0.2) is 13.4 Å². The van der Waals surface area contributed by atoms with E-state index in [2.05, 4.69) is 40.9 Å². The first kappa shape index (κ1) is 22.6. The maximum Gasteiger partial charge on any atom is 0.227 e. The molecule has 0 bridgehead atoms. The Morgan fingerprint density at radius 2 is 2.04 bits per heavy atom. The number of aromatic nitrogens is 4. The molecule has 2 heterocycles. The van der Waals surface area contributed by atoms with Crippen LogP contribution in [0.15, 0.2) is 23.7 Å². The number of aromatic amines is 1. The Hall–Kier alpha value is -1.67. The first-order chi connectivity index (χ1) is 13.3. The van der Waals surface area contributed by atoms with Crippen molar-refractivity contribution < 1.29 is 8.42 Å². The molecule has 7 nitrogen and oxygen atoms in total. The van der Waals surface area contributed by atoms with Crippen molar-refractivity contribution in [3.8, 4) is 0 Å². The smallest absolute Gasteiger partial charge is 0.227 e. The van der Waals surface area contributed by atoms with Gasteiger partial charge in [0, 0.05) is 25.8 Å². The Labute approximate surface area is 169 Å². The van der Waals surface area contributed by atoms with E-state index in [9.17, 15) is 8.42 Å². The van der Waals surface area contributed by atoms with Crippen molar-refractivity contribution in [1.29, 1.82) is 0 Å². The van der Waals surface area contributed by atoms with E-state index in [1.807, 2.05) is 24.0 Å². The van der Waals surface area contributed by atoms with Crippen LogP contribution in [0.5, 0.6) is 0 Å². The van der Waals surface area contributed by atoms with E-state index in [0.717, 1.165) is 37.9 Å². The van der Waals surface area contributed by atoms with E-state index in [1.165, 1.54) is 5.56 Å². The van der Waals surface area contributed by atoms with Gasteiger partial charge in [-0.15, -0.1) is 0 Å². The quantitative estimate of drug-likeness (QED) is 0.549. The lowest BCUT2D eigenvalue weighted by Crippen LogP contribution is -2.23. The molecule has 0 radical (unpaired) electrons. The molecule has 0 aliphatic rings. The minimum Gasteiger partial charge on any atom is -0.318 e. The number of hydrogen-bond acceptors (Lipinski definition) is 5. The number of unbranched alkanes of at least 4 members (excludes halogenated alkanes) is 1. The number of hydrogen-bond donors (Lipinski definition) is 1. The SMILES string of the molecule is CCCCn1c(CN(C)CCc2cn[nH]c2)cnc1S(=O)(=O)CCCC(C)C. The van der Waals surface area contributed by atoms with Crippen molar-refractivity contribution in [3.05, 3.63) is 29.8 Å². The minimum absolute atomic E-state index is 0.171. The zero-order chi connectivity index (χ0) is 20.6. The van der Waals surface area contributed by atoms with Gasteiger partial charge in [0.2, 0.25) is 15.0 Å². The average molecular weight is 410 g/mol. The summed E-state index contributed by atoms with van der Waals surface area (Å²) in [6.45, 7) is 8.59. The van der Waals surface area contributed by atoms with Gasteiger partial charge in [0.25, 0.3) is 0 Å². The second kappa shape index (κ2) is 10.8. The maximum absolute atomic E-state index is 12.9. The average Bonchev–Trinajstić information content (AvgIpc) is 3.28. The van der Waals surface area contributed by atoms with Crippen LogP contribution in [0.2, 0.25) is 0 Å². The molecule has 2 aromatic heterocycles. The van der Waals surface area contributed by atoms with Crippen LogP contribution < -0.4 is 0 Å². The van der Waals surface area contributed by atoms with E-state index in [-0.39, 0.29) is 10.9 Å². The molecule has 0 spiro atoms. The lowest BCUT2D eigenvalue weighted by atomic mass is 10.1. The molecule has 0 aliphatic heterocycles. The van der Waals surface area contributed by atoms with Crippen LogP contribution in [0.1, 0.15) is 57.7 Å². The van der Waals surface area contributed by atoms with Gasteiger partial charge in [-0.05, 0) is 44.2 Å². The van der Waals surface area contributed by atoms with Gasteiger partial charge in [-0.3, -0.25) is 5.10 Å². The van der Waals surface area contributed by atoms with Gasteiger partial charge < -0.3 is 9.47 Å². The van der Waals surface area contributed by atoms with Gasteiger partial charge in [0.1, 0.15) is 0 Å². The Morgan fingerprint density at radius 3 is 2.68 bits per heavy atom. The van der Waals surface area contributed by atoms with Gasteiger partial charge in [-0.2, -0.15) is 5.10 Å². The standard InChI is InChI=1S/C20H35N5O2S/c1-5-6-10-25-19(16-24(4)11-9-18-13-22-23-14-18)15-21-20(25)28(26,27)12-7-8-17(2)3/h13-15,17H,5-12,16H2,1-4H3,(H,22,23). The van der Waals surface area contributed by atoms with E-state index in [0.29, 0.717) is 25.4 Å². The summed E-state index contributed by atoms with van der Waals surface area (Å²) in [7, 11) is -1.31. The number of rotatable bonds is 13. The molecular formula is C20H35N5O2S. The fraction of sp³-hybridized carbons (Fsp3) is 0.700. The summed E-state index contributed by atoms with van der Waals surface area (Å²) in [5.74, 6) is 0.679. The molecule has 0 atom stereocenters. The summed E-state index contributed by atoms with van der Waals surface area (Å²) in [4.78, 5) is 6.53. The number of imidazole rings is 1. The van der Waals surface area contributed by atoms with Crippen molar-refractivity contribution in [1.82, 2.24) is 24.6 Å². The van der Waals surface area contributed by atoms with Gasteiger partial charge >= 0.3 is 0 Å². The predicted octanol–water partition coefficient (Wildman–Crippen LogP) is 3.29. The molecule has 0 amide bonds. The minimum atomic E-state index is -3.36. The second-order valence-corrected chi connectivity index (χ2v) is 9.99. The van der Waals surface area contributed by atoms with E-state index in [4.69, 9.17) is 0 Å². The van der Waals surface area contributed by atoms with Crippen LogP contribution >= 0.6 is 0 Å². The van der Waals surface area contributed by atoms with Gasteiger partial charge in [-0.1, -0.05) is 27.2 Å². The van der Waals surface area contributed by atoms with Crippen molar-refractivity contribution in [2.24, 2.45) is 5.92 Å². The zero-order valence-corrected chi connectivity index (χ0v) is 18.5. The normalized spacial score (nSPS) is 12.4. The summed E-state index contributed by atoms with van der Waals surface area (Å²) in [5.41, 5.74) is 2.13. The van der Waals surface area contributed by atoms with E-state index >= 15 is 0 Å². The Kier molecular flexibility index (Phi) is 8.69. The first-order valence-corrected chi connectivity index (χ1v) is 11.9. The summed E-state index contributed by atoms with van der Waals surface area (Å²) in [5, 5.41) is 7.04. The number of likely N-dealkylation sites (N-methyl/N-ethyl adjacent to an activating group) is 1. The van der Waals surface area contributed by atoms with Crippen molar-refractivity contribution in [3.63, 3.8) is 0 Å². The summed E-state index contributed by atoms with van der Waals surface area (Å²) in [6.07, 6.45) is 9.93. The molecule has 0 saturated heterocycles. The second-order valence-electron chi connectivity index (χ2n) is 7.99. The van der Waals surface area contributed by atoms with Crippen molar-refractivity contribution in [2.45, 2.75) is 71.1 Å². The highest BCUT2D eigenvalue weighted by molar-refractivity contribution is 7.91. The molecule has 1 N–H and O–H groups in total. The third kappa shape index (κ3) is 6.74. The highest BCUT2D eigenvalue weighted by Gasteiger charge is 2.23. The number of sulfone groups is 1. The van der Waals surface area contributed by atoms with Crippen LogP contribution in [0.3, 0.4) is 0 Å². The highest BCUT2D eigenvalue weighted by atomic mass is 32.2. The number of nitrogens with zero attached hydrogens (tertiary/aromatic N) is 4. The summed E-state index contributed by atoms with van der Waals surface area (Å²) < 4.78 is 27.7. The maximum atomic E-state index is 12.9. The molecule has 0 saturated carbocycles. The van der Waals surface area contributed by atoms with Crippen molar-refractivity contribution in [2.75, 3.05) is 19.3 Å². The molecule has 158 valence electrons. The Morgan fingerprint density at radius 1 is 1.25 bits per heavy atom. The van der Waals surface area contributed by atoms with E-state index < -0.39 is 9.84 Å². The third-order valence-corrected chi connectivity index (χ3v) is 6.59. The predicted molar refractivity (Wildman–Crippen MR) is 112 cm³/mol.